The Morgan fingerprint density at radius 1 is 1.57 bits per heavy atom. The summed E-state index contributed by atoms with van der Waals surface area (Å²) in [6.45, 7) is 2.60. The maximum Gasteiger partial charge on any atom is 0.262 e. The molecule has 1 aromatic heterocycles. The molecule has 1 aliphatic heterocycles. The molecule has 4 nitrogen and oxygen atoms in total. The Hall–Kier alpha value is -0.320. The summed E-state index contributed by atoms with van der Waals surface area (Å²) in [5, 5.41) is 7.11. The number of hydrogen-bond donors (Lipinski definition) is 1. The van der Waals surface area contributed by atoms with Crippen LogP contribution in [0.3, 0.4) is 0 Å². The van der Waals surface area contributed by atoms with Crippen LogP contribution < -0.4 is 5.32 Å². The molecule has 2 rings (SSSR count). The third kappa shape index (κ3) is 2.02. The number of halogens is 2. The van der Waals surface area contributed by atoms with Crippen LogP contribution in [-0.2, 0) is 4.33 Å². The highest BCUT2D eigenvalue weighted by Gasteiger charge is 2.30. The van der Waals surface area contributed by atoms with Crippen molar-refractivity contribution in [1.29, 1.82) is 0 Å². The predicted octanol–water partition coefficient (Wildman–Crippen LogP) is 2.14. The van der Waals surface area contributed by atoms with E-state index in [0.717, 1.165) is 19.4 Å². The van der Waals surface area contributed by atoms with Crippen LogP contribution in [0.25, 0.3) is 0 Å². The summed E-state index contributed by atoms with van der Waals surface area (Å²) in [6, 6.07) is 0.184. The number of hydrogen-bond acceptors (Lipinski definition) is 4. The van der Waals surface area contributed by atoms with Crippen LogP contribution in [0.2, 0.25) is 0 Å². The molecule has 1 unspecified atom stereocenters. The average molecular weight is 236 g/mol. The first-order chi connectivity index (χ1) is 6.57. The minimum Gasteiger partial charge on any atom is -0.336 e. The molecule has 1 saturated heterocycles. The van der Waals surface area contributed by atoms with Crippen molar-refractivity contribution in [3.63, 3.8) is 0 Å². The van der Waals surface area contributed by atoms with Crippen molar-refractivity contribution in [3.05, 3.63) is 11.7 Å². The van der Waals surface area contributed by atoms with E-state index < -0.39 is 4.33 Å². The normalized spacial score (nSPS) is 22.9. The molecule has 1 fully saturated rings. The lowest BCUT2D eigenvalue weighted by Crippen LogP contribution is -2.14. The van der Waals surface area contributed by atoms with Crippen molar-refractivity contribution in [2.24, 2.45) is 0 Å². The summed E-state index contributed by atoms with van der Waals surface area (Å²) >= 11 is 11.7. The summed E-state index contributed by atoms with van der Waals surface area (Å²) < 4.78 is 3.87. The van der Waals surface area contributed by atoms with Gasteiger partial charge in [-0.05, 0) is 26.3 Å². The van der Waals surface area contributed by atoms with E-state index in [2.05, 4.69) is 15.5 Å². The summed E-state index contributed by atoms with van der Waals surface area (Å²) in [6.07, 6.45) is 2.16. The predicted molar refractivity (Wildman–Crippen MR) is 53.3 cm³/mol. The number of aromatic nitrogens is 2. The van der Waals surface area contributed by atoms with Gasteiger partial charge < -0.3 is 9.84 Å². The molecule has 0 aliphatic carbocycles. The summed E-state index contributed by atoms with van der Waals surface area (Å²) in [4.78, 5) is 4.16. The molecule has 0 spiro atoms. The molecule has 6 heteroatoms. The van der Waals surface area contributed by atoms with Crippen molar-refractivity contribution in [2.75, 3.05) is 6.54 Å². The highest BCUT2D eigenvalue weighted by Crippen LogP contribution is 2.32. The first-order valence-corrected chi connectivity index (χ1v) is 5.28. The lowest BCUT2D eigenvalue weighted by molar-refractivity contribution is 0.361. The molecule has 1 aliphatic rings. The van der Waals surface area contributed by atoms with Gasteiger partial charge in [-0.15, -0.1) is 0 Å². The average Bonchev–Trinajstić information content (AvgIpc) is 2.73. The highest BCUT2D eigenvalue weighted by molar-refractivity contribution is 6.47. The Bertz CT molecular complexity index is 315. The molecule has 2 heterocycles. The van der Waals surface area contributed by atoms with E-state index >= 15 is 0 Å². The second-order valence-electron chi connectivity index (χ2n) is 3.50. The first kappa shape index (κ1) is 10.2. The van der Waals surface area contributed by atoms with Crippen LogP contribution in [0.1, 0.15) is 37.5 Å². The zero-order chi connectivity index (χ0) is 10.2. The van der Waals surface area contributed by atoms with E-state index in [1.807, 2.05) is 0 Å². The number of nitrogens with zero attached hydrogens (tertiary/aromatic N) is 2. The van der Waals surface area contributed by atoms with E-state index in [4.69, 9.17) is 27.7 Å². The van der Waals surface area contributed by atoms with Gasteiger partial charge in [0.05, 0.1) is 6.04 Å². The van der Waals surface area contributed by atoms with Gasteiger partial charge in [0.2, 0.25) is 0 Å². The fraction of sp³-hybridized carbons (Fsp3) is 0.750. The van der Waals surface area contributed by atoms with Gasteiger partial charge in [-0.25, -0.2) is 0 Å². The van der Waals surface area contributed by atoms with Crippen molar-refractivity contribution in [1.82, 2.24) is 15.5 Å². The third-order valence-corrected chi connectivity index (χ3v) is 2.51. The second kappa shape index (κ2) is 3.68. The summed E-state index contributed by atoms with van der Waals surface area (Å²) in [5.41, 5.74) is 0. The van der Waals surface area contributed by atoms with Gasteiger partial charge >= 0.3 is 0 Å². The smallest absolute Gasteiger partial charge is 0.262 e. The SMILES string of the molecule is CC(Cl)(Cl)c1nc(C2CCCN2)no1. The molecule has 0 amide bonds. The van der Waals surface area contributed by atoms with E-state index in [0.29, 0.717) is 5.82 Å². The molecule has 0 radical (unpaired) electrons. The van der Waals surface area contributed by atoms with E-state index in [-0.39, 0.29) is 11.9 Å². The molecular formula is C8H11Cl2N3O. The zero-order valence-corrected chi connectivity index (χ0v) is 9.27. The molecule has 78 valence electrons. The summed E-state index contributed by atoms with van der Waals surface area (Å²) in [5.74, 6) is 0.898. The van der Waals surface area contributed by atoms with Gasteiger partial charge in [-0.3, -0.25) is 0 Å². The number of rotatable bonds is 2. The van der Waals surface area contributed by atoms with Gasteiger partial charge in [-0.1, -0.05) is 28.4 Å². The monoisotopic (exact) mass is 235 g/mol. The van der Waals surface area contributed by atoms with Crippen LogP contribution in [-0.4, -0.2) is 16.7 Å². The first-order valence-electron chi connectivity index (χ1n) is 4.52. The maximum absolute atomic E-state index is 5.83. The van der Waals surface area contributed by atoms with Crippen LogP contribution >= 0.6 is 23.2 Å². The Labute approximate surface area is 92.0 Å². The van der Waals surface area contributed by atoms with E-state index in [1.54, 1.807) is 6.92 Å². The summed E-state index contributed by atoms with van der Waals surface area (Å²) in [7, 11) is 0. The van der Waals surface area contributed by atoms with Crippen molar-refractivity contribution in [2.45, 2.75) is 30.1 Å². The third-order valence-electron chi connectivity index (χ3n) is 2.19. The number of nitrogens with one attached hydrogen (secondary N) is 1. The van der Waals surface area contributed by atoms with Gasteiger partial charge in [0.1, 0.15) is 0 Å². The minimum absolute atomic E-state index is 0.184. The van der Waals surface area contributed by atoms with Crippen LogP contribution in [0.15, 0.2) is 4.52 Å². The standard InChI is InChI=1S/C8H11Cl2N3O/c1-8(9,10)7-12-6(13-14-7)5-3-2-4-11-5/h5,11H,2-4H2,1H3. The van der Waals surface area contributed by atoms with Gasteiger partial charge in [0, 0.05) is 0 Å². The van der Waals surface area contributed by atoms with Crippen LogP contribution in [0, 0.1) is 0 Å². The molecule has 14 heavy (non-hydrogen) atoms. The topological polar surface area (TPSA) is 51.0 Å². The lowest BCUT2D eigenvalue weighted by Gasteiger charge is -2.05. The maximum atomic E-state index is 5.83. The van der Waals surface area contributed by atoms with Crippen LogP contribution in [0.4, 0.5) is 0 Å². The van der Waals surface area contributed by atoms with Crippen molar-refractivity contribution >= 4 is 23.2 Å². The Morgan fingerprint density at radius 3 is 2.86 bits per heavy atom. The molecular weight excluding hydrogens is 225 g/mol. The largest absolute Gasteiger partial charge is 0.336 e. The second-order valence-corrected chi connectivity index (χ2v) is 5.20. The van der Waals surface area contributed by atoms with Gasteiger partial charge in [0.15, 0.2) is 10.2 Å². The Morgan fingerprint density at radius 2 is 2.36 bits per heavy atom. The highest BCUT2D eigenvalue weighted by atomic mass is 35.5. The van der Waals surface area contributed by atoms with Crippen molar-refractivity contribution in [3.8, 4) is 0 Å². The van der Waals surface area contributed by atoms with Gasteiger partial charge in [-0.2, -0.15) is 4.98 Å². The molecule has 0 saturated carbocycles. The quantitative estimate of drug-likeness (QED) is 0.799. The van der Waals surface area contributed by atoms with E-state index in [1.165, 1.54) is 0 Å². The minimum atomic E-state index is -1.11. The zero-order valence-electron chi connectivity index (χ0n) is 7.76. The molecule has 1 atom stereocenters. The molecule has 1 N–H and O–H groups in total. The Balaban J connectivity index is 2.17. The van der Waals surface area contributed by atoms with Crippen molar-refractivity contribution < 1.29 is 4.52 Å². The van der Waals surface area contributed by atoms with Crippen LogP contribution in [0.5, 0.6) is 0 Å². The molecule has 0 aromatic carbocycles. The Kier molecular flexibility index (Phi) is 2.68. The van der Waals surface area contributed by atoms with E-state index in [9.17, 15) is 0 Å². The lowest BCUT2D eigenvalue weighted by atomic mass is 10.2. The molecule has 0 bridgehead atoms. The fourth-order valence-electron chi connectivity index (χ4n) is 1.46. The van der Waals surface area contributed by atoms with Gasteiger partial charge in [0.25, 0.3) is 5.89 Å². The number of alkyl halides is 2. The molecule has 1 aromatic rings. The fourth-order valence-corrected chi connectivity index (χ4v) is 1.61.